The Balaban J connectivity index is 1.57. The number of carboxylic acids is 1. The molecule has 0 amide bonds. The van der Waals surface area contributed by atoms with Crippen molar-refractivity contribution in [1.82, 2.24) is 15.1 Å². The van der Waals surface area contributed by atoms with Crippen LogP contribution in [0.1, 0.15) is 30.4 Å². The molecule has 152 valence electrons. The third-order valence-electron chi connectivity index (χ3n) is 4.27. The quantitative estimate of drug-likeness (QED) is 0.463. The summed E-state index contributed by atoms with van der Waals surface area (Å²) >= 11 is 0. The fourth-order valence-corrected chi connectivity index (χ4v) is 2.94. The van der Waals surface area contributed by atoms with Crippen molar-refractivity contribution in [1.29, 1.82) is 0 Å². The van der Waals surface area contributed by atoms with Gasteiger partial charge < -0.3 is 25.8 Å². The maximum Gasteiger partial charge on any atom is 0.307 e. The number of nitrogen functional groups attached to an aromatic ring is 2. The molecule has 0 unspecified atom stereocenters. The van der Waals surface area contributed by atoms with E-state index in [-0.39, 0.29) is 18.2 Å². The van der Waals surface area contributed by atoms with Crippen LogP contribution >= 0.6 is 0 Å². The fourth-order valence-electron chi connectivity index (χ4n) is 2.94. The average molecular weight is 397 g/mol. The van der Waals surface area contributed by atoms with Crippen molar-refractivity contribution < 1.29 is 19.2 Å². The number of carboxylic acid groups (broad SMARTS) is 1. The predicted molar refractivity (Wildman–Crippen MR) is 107 cm³/mol. The number of nitrogens with zero attached hydrogens (tertiary/aromatic N) is 3. The molecule has 1 aromatic carbocycles. The summed E-state index contributed by atoms with van der Waals surface area (Å²) in [6, 6.07) is 9.09. The Morgan fingerprint density at radius 3 is 2.83 bits per heavy atom. The SMILES string of the molecule is CCc1nc(N)nc(N)c1OCCCc1cc(-c2cccc(CC(=O)O)c2)no1. The van der Waals surface area contributed by atoms with Gasteiger partial charge in [0.05, 0.1) is 18.7 Å². The molecule has 0 fully saturated rings. The first-order valence-corrected chi connectivity index (χ1v) is 9.27. The first kappa shape index (κ1) is 20.1. The van der Waals surface area contributed by atoms with Gasteiger partial charge in [0.25, 0.3) is 0 Å². The molecule has 0 aliphatic rings. The molecule has 2 aromatic heterocycles. The van der Waals surface area contributed by atoms with Gasteiger partial charge in [-0.1, -0.05) is 30.3 Å². The van der Waals surface area contributed by atoms with E-state index in [0.29, 0.717) is 54.3 Å². The van der Waals surface area contributed by atoms with Gasteiger partial charge in [0.2, 0.25) is 5.95 Å². The summed E-state index contributed by atoms with van der Waals surface area (Å²) in [6.07, 6.45) is 1.91. The maximum absolute atomic E-state index is 10.9. The number of hydrogen-bond acceptors (Lipinski definition) is 8. The van der Waals surface area contributed by atoms with Crippen LogP contribution in [0, 0.1) is 0 Å². The molecule has 0 bridgehead atoms. The summed E-state index contributed by atoms with van der Waals surface area (Å²) in [5, 5.41) is 13.0. The zero-order chi connectivity index (χ0) is 20.8. The largest absolute Gasteiger partial charge is 0.488 e. The predicted octanol–water partition coefficient (Wildman–Crippen LogP) is 2.50. The van der Waals surface area contributed by atoms with E-state index >= 15 is 0 Å². The van der Waals surface area contributed by atoms with Gasteiger partial charge >= 0.3 is 5.97 Å². The normalized spacial score (nSPS) is 10.8. The molecule has 9 nitrogen and oxygen atoms in total. The van der Waals surface area contributed by atoms with Crippen LogP contribution in [0.4, 0.5) is 11.8 Å². The van der Waals surface area contributed by atoms with Crippen LogP contribution in [0.5, 0.6) is 5.75 Å². The number of aryl methyl sites for hydroxylation is 2. The van der Waals surface area contributed by atoms with Crippen molar-refractivity contribution in [3.63, 3.8) is 0 Å². The zero-order valence-corrected chi connectivity index (χ0v) is 16.1. The van der Waals surface area contributed by atoms with E-state index in [1.54, 1.807) is 18.2 Å². The lowest BCUT2D eigenvalue weighted by Crippen LogP contribution is -2.09. The number of anilines is 2. The molecule has 29 heavy (non-hydrogen) atoms. The summed E-state index contributed by atoms with van der Waals surface area (Å²) in [6.45, 7) is 2.35. The topological polar surface area (TPSA) is 150 Å². The van der Waals surface area contributed by atoms with E-state index in [0.717, 1.165) is 5.56 Å². The second-order valence-corrected chi connectivity index (χ2v) is 6.50. The molecule has 0 saturated carbocycles. The first-order chi connectivity index (χ1) is 14.0. The van der Waals surface area contributed by atoms with Crippen LogP contribution in [0.3, 0.4) is 0 Å². The number of rotatable bonds is 9. The molecule has 0 saturated heterocycles. The van der Waals surface area contributed by atoms with Gasteiger partial charge in [-0.3, -0.25) is 4.79 Å². The third-order valence-corrected chi connectivity index (χ3v) is 4.27. The van der Waals surface area contributed by atoms with Crippen LogP contribution < -0.4 is 16.2 Å². The monoisotopic (exact) mass is 397 g/mol. The lowest BCUT2D eigenvalue weighted by atomic mass is 10.1. The molecule has 0 spiro atoms. The van der Waals surface area contributed by atoms with Crippen LogP contribution in [0.2, 0.25) is 0 Å². The van der Waals surface area contributed by atoms with E-state index in [4.69, 9.17) is 25.8 Å². The van der Waals surface area contributed by atoms with Crippen molar-refractivity contribution in [3.05, 3.63) is 47.3 Å². The van der Waals surface area contributed by atoms with Gasteiger partial charge in [-0.05, 0) is 24.5 Å². The van der Waals surface area contributed by atoms with Gasteiger partial charge in [-0.25, -0.2) is 4.98 Å². The molecular weight excluding hydrogens is 374 g/mol. The highest BCUT2D eigenvalue weighted by atomic mass is 16.5. The van der Waals surface area contributed by atoms with E-state index in [1.165, 1.54) is 0 Å². The summed E-state index contributed by atoms with van der Waals surface area (Å²) in [7, 11) is 0. The molecule has 0 aliphatic heterocycles. The number of aliphatic carboxylic acids is 1. The van der Waals surface area contributed by atoms with Crippen LogP contribution in [0.25, 0.3) is 11.3 Å². The Morgan fingerprint density at radius 2 is 2.07 bits per heavy atom. The fraction of sp³-hybridized carbons (Fsp3) is 0.300. The van der Waals surface area contributed by atoms with Crippen LogP contribution in [0.15, 0.2) is 34.9 Å². The molecule has 3 aromatic rings. The van der Waals surface area contributed by atoms with E-state index in [2.05, 4.69) is 15.1 Å². The molecule has 9 heteroatoms. The zero-order valence-electron chi connectivity index (χ0n) is 16.1. The van der Waals surface area contributed by atoms with E-state index in [1.807, 2.05) is 19.1 Å². The Kier molecular flexibility index (Phi) is 6.28. The van der Waals surface area contributed by atoms with Gasteiger partial charge in [0, 0.05) is 18.1 Å². The van der Waals surface area contributed by atoms with Crippen molar-refractivity contribution in [3.8, 4) is 17.0 Å². The molecule has 2 heterocycles. The second-order valence-electron chi connectivity index (χ2n) is 6.50. The molecule has 0 atom stereocenters. The number of hydrogen-bond donors (Lipinski definition) is 3. The summed E-state index contributed by atoms with van der Waals surface area (Å²) in [4.78, 5) is 19.0. The Morgan fingerprint density at radius 1 is 1.24 bits per heavy atom. The minimum absolute atomic E-state index is 0.0341. The van der Waals surface area contributed by atoms with E-state index < -0.39 is 5.97 Å². The van der Waals surface area contributed by atoms with E-state index in [9.17, 15) is 4.79 Å². The Bertz CT molecular complexity index is 1000. The van der Waals surface area contributed by atoms with Crippen molar-refractivity contribution in [2.75, 3.05) is 18.1 Å². The van der Waals surface area contributed by atoms with Gasteiger partial charge in [-0.2, -0.15) is 4.98 Å². The number of nitrogens with two attached hydrogens (primary N) is 2. The summed E-state index contributed by atoms with van der Waals surface area (Å²) in [5.41, 5.74) is 14.4. The highest BCUT2D eigenvalue weighted by Crippen LogP contribution is 2.25. The average Bonchev–Trinajstić information content (AvgIpc) is 3.14. The minimum Gasteiger partial charge on any atom is -0.488 e. The second kappa shape index (κ2) is 9.05. The first-order valence-electron chi connectivity index (χ1n) is 9.27. The van der Waals surface area contributed by atoms with Gasteiger partial charge in [0.15, 0.2) is 11.6 Å². The van der Waals surface area contributed by atoms with Crippen molar-refractivity contribution in [2.24, 2.45) is 0 Å². The number of aromatic nitrogens is 3. The van der Waals surface area contributed by atoms with Crippen LogP contribution in [-0.4, -0.2) is 32.8 Å². The Hall–Kier alpha value is -3.62. The highest BCUT2D eigenvalue weighted by molar-refractivity contribution is 5.71. The Labute approximate surface area is 167 Å². The van der Waals surface area contributed by atoms with Gasteiger partial charge in [-0.15, -0.1) is 0 Å². The van der Waals surface area contributed by atoms with Crippen molar-refractivity contribution in [2.45, 2.75) is 32.6 Å². The number of carbonyl (C=O) groups is 1. The molecular formula is C20H23N5O4. The molecule has 0 radical (unpaired) electrons. The minimum atomic E-state index is -0.874. The molecule has 0 aliphatic carbocycles. The number of benzene rings is 1. The summed E-state index contributed by atoms with van der Waals surface area (Å²) < 4.78 is 11.1. The number of ether oxygens (including phenoxy) is 1. The lowest BCUT2D eigenvalue weighted by Gasteiger charge is -2.11. The smallest absolute Gasteiger partial charge is 0.307 e. The molecule has 3 rings (SSSR count). The van der Waals surface area contributed by atoms with Gasteiger partial charge in [0.1, 0.15) is 11.5 Å². The van der Waals surface area contributed by atoms with Crippen molar-refractivity contribution >= 4 is 17.7 Å². The lowest BCUT2D eigenvalue weighted by molar-refractivity contribution is -0.136. The third kappa shape index (κ3) is 5.22. The maximum atomic E-state index is 10.9. The molecule has 5 N–H and O–H groups in total. The van der Waals surface area contributed by atoms with Crippen LogP contribution in [-0.2, 0) is 24.1 Å². The standard InChI is InChI=1S/C20H23N5O4/c1-2-15-18(19(21)24-20(22)23-15)28-8-4-7-14-11-16(25-29-14)13-6-3-5-12(9-13)10-17(26)27/h3,5-6,9,11H,2,4,7-8,10H2,1H3,(H,26,27)(H4,21,22,23,24). The summed E-state index contributed by atoms with van der Waals surface area (Å²) in [5.74, 6) is 0.673. The highest BCUT2D eigenvalue weighted by Gasteiger charge is 2.12.